The molecule has 0 unspecified atom stereocenters. The molecule has 0 fully saturated rings. The minimum atomic E-state index is -0.657. The molecule has 5 nitrogen and oxygen atoms in total. The van der Waals surface area contributed by atoms with Crippen molar-refractivity contribution in [2.75, 3.05) is 21.2 Å². The number of aryl methyl sites for hydroxylation is 1. The number of aromatic hydroxyl groups is 2. The molecule has 0 heterocycles. The molecule has 4 atom stereocenters. The Kier molecular flexibility index (Phi) is 5.56. The summed E-state index contributed by atoms with van der Waals surface area (Å²) in [7, 11) is 5.63. The molecule has 2 aromatic rings. The van der Waals surface area contributed by atoms with Crippen molar-refractivity contribution in [2.24, 2.45) is 5.92 Å². The number of phenolic OH excluding ortho intramolecular Hbond substituents is 2. The average Bonchev–Trinajstić information content (AvgIpc) is 2.70. The number of likely N-dealkylation sites (N-methyl/N-ethyl adjacent to an activating group) is 1. The van der Waals surface area contributed by atoms with Crippen LogP contribution < -0.4 is 0 Å². The molecule has 2 N–H and O–H groups in total. The van der Waals surface area contributed by atoms with Crippen LogP contribution in [0, 0.1) is 12.8 Å². The van der Waals surface area contributed by atoms with Gasteiger partial charge in [-0.15, -0.1) is 11.8 Å². The fourth-order valence-corrected chi connectivity index (χ4v) is 6.84. The maximum atomic E-state index is 12.8. The number of nitrogens with zero attached hydrogens (tertiary/aromatic N) is 1. The van der Waals surface area contributed by atoms with Crippen molar-refractivity contribution in [3.05, 3.63) is 64.9 Å². The zero-order valence-electron chi connectivity index (χ0n) is 18.5. The van der Waals surface area contributed by atoms with Crippen molar-refractivity contribution in [1.29, 1.82) is 0 Å². The van der Waals surface area contributed by atoms with Gasteiger partial charge in [0.25, 0.3) is 0 Å². The number of carbonyl (C=O) groups is 1. The number of rotatable bonds is 4. The number of hydrogen-bond acceptors (Lipinski definition) is 6. The quantitative estimate of drug-likeness (QED) is 0.681. The second-order valence-corrected chi connectivity index (χ2v) is 10.2. The highest BCUT2D eigenvalue weighted by molar-refractivity contribution is 7.99. The maximum Gasteiger partial charge on any atom is 0.197 e. The molecule has 0 radical (unpaired) electrons. The number of allylic oxidation sites excluding steroid dienone is 1. The monoisotopic (exact) mass is 439 g/mol. The van der Waals surface area contributed by atoms with Crippen LogP contribution in [-0.2, 0) is 14.9 Å². The van der Waals surface area contributed by atoms with E-state index in [9.17, 15) is 15.0 Å². The van der Waals surface area contributed by atoms with Crippen LogP contribution in [0.4, 0.5) is 0 Å². The van der Waals surface area contributed by atoms with Gasteiger partial charge in [-0.2, -0.15) is 0 Å². The van der Waals surface area contributed by atoms with E-state index in [-0.39, 0.29) is 40.9 Å². The van der Waals surface area contributed by atoms with Crippen LogP contribution in [0.25, 0.3) is 0 Å². The molecule has 0 amide bonds. The molecule has 0 saturated heterocycles. The zero-order valence-corrected chi connectivity index (χ0v) is 19.4. The highest BCUT2D eigenvalue weighted by atomic mass is 32.2. The van der Waals surface area contributed by atoms with E-state index < -0.39 is 5.41 Å². The van der Waals surface area contributed by atoms with Gasteiger partial charge in [-0.05, 0) is 50.9 Å². The lowest BCUT2D eigenvalue weighted by atomic mass is 9.57. The third kappa shape index (κ3) is 3.52. The number of ketones is 1. The largest absolute Gasteiger partial charge is 0.504 e. The number of ether oxygens (including phenoxy) is 1. The Morgan fingerprint density at radius 3 is 2.58 bits per heavy atom. The summed E-state index contributed by atoms with van der Waals surface area (Å²) >= 11 is 1.75. The summed E-state index contributed by atoms with van der Waals surface area (Å²) in [6.45, 7) is 4.09. The van der Waals surface area contributed by atoms with Gasteiger partial charge in [0.05, 0.1) is 12.4 Å². The first-order chi connectivity index (χ1) is 14.7. The molecule has 4 rings (SSSR count). The van der Waals surface area contributed by atoms with Crippen LogP contribution in [-0.4, -0.2) is 48.1 Å². The summed E-state index contributed by atoms with van der Waals surface area (Å²) in [5, 5.41) is 21.3. The van der Waals surface area contributed by atoms with Crippen LogP contribution in [0.2, 0.25) is 0 Å². The summed E-state index contributed by atoms with van der Waals surface area (Å²) in [6.07, 6.45) is 2.14. The Balaban J connectivity index is 1.96. The highest BCUT2D eigenvalue weighted by Gasteiger charge is 2.54. The van der Waals surface area contributed by atoms with E-state index in [1.807, 2.05) is 25.1 Å². The van der Waals surface area contributed by atoms with Gasteiger partial charge in [-0.3, -0.25) is 4.79 Å². The highest BCUT2D eigenvalue weighted by Crippen LogP contribution is 2.60. The lowest BCUT2D eigenvalue weighted by Crippen LogP contribution is -2.54. The summed E-state index contributed by atoms with van der Waals surface area (Å²) in [4.78, 5) is 16.2. The lowest BCUT2D eigenvalue weighted by Gasteiger charge is -2.53. The number of benzene rings is 2. The molecule has 0 aromatic heterocycles. The fourth-order valence-electron chi connectivity index (χ4n) is 5.26. The Morgan fingerprint density at radius 2 is 1.94 bits per heavy atom. The molecule has 164 valence electrons. The first-order valence-electron chi connectivity index (χ1n) is 10.4. The fraction of sp³-hybridized carbons (Fsp3) is 0.400. The first-order valence-corrected chi connectivity index (χ1v) is 11.3. The molecule has 2 aliphatic rings. The number of methoxy groups -OCH3 is 1. The van der Waals surface area contributed by atoms with Gasteiger partial charge >= 0.3 is 0 Å². The van der Waals surface area contributed by atoms with Crippen molar-refractivity contribution in [2.45, 2.75) is 41.9 Å². The Morgan fingerprint density at radius 1 is 1.19 bits per heavy atom. The van der Waals surface area contributed by atoms with E-state index in [1.165, 1.54) is 12.7 Å². The molecule has 0 bridgehead atoms. The van der Waals surface area contributed by atoms with Gasteiger partial charge in [-0.25, -0.2) is 0 Å². The summed E-state index contributed by atoms with van der Waals surface area (Å²) in [5.74, 6) is -0.0824. The van der Waals surface area contributed by atoms with Crippen molar-refractivity contribution in [3.8, 4) is 11.5 Å². The molecule has 31 heavy (non-hydrogen) atoms. The molecule has 2 aromatic carbocycles. The van der Waals surface area contributed by atoms with Gasteiger partial charge in [0.2, 0.25) is 0 Å². The Bertz CT molecular complexity index is 1060. The second-order valence-electron chi connectivity index (χ2n) is 8.98. The third-order valence-electron chi connectivity index (χ3n) is 6.68. The van der Waals surface area contributed by atoms with Crippen molar-refractivity contribution >= 4 is 17.5 Å². The van der Waals surface area contributed by atoms with Gasteiger partial charge < -0.3 is 19.8 Å². The number of Topliss-reactive ketones (excluding diaryl/α,β-unsaturated/α-hetero) is 1. The minimum absolute atomic E-state index is 0.0149. The first kappa shape index (κ1) is 21.8. The van der Waals surface area contributed by atoms with Crippen LogP contribution in [0.1, 0.15) is 35.3 Å². The maximum absolute atomic E-state index is 12.8. The van der Waals surface area contributed by atoms with Crippen molar-refractivity contribution in [1.82, 2.24) is 4.90 Å². The molecule has 0 saturated carbocycles. The third-order valence-corrected chi connectivity index (χ3v) is 8.00. The number of phenols is 2. The number of carbonyl (C=O) groups excluding carboxylic acids is 1. The van der Waals surface area contributed by atoms with Crippen LogP contribution in [0.15, 0.2) is 53.1 Å². The molecular weight excluding hydrogens is 410 g/mol. The lowest BCUT2D eigenvalue weighted by molar-refractivity contribution is -0.121. The topological polar surface area (TPSA) is 70.0 Å². The van der Waals surface area contributed by atoms with Crippen molar-refractivity contribution in [3.63, 3.8) is 0 Å². The van der Waals surface area contributed by atoms with Gasteiger partial charge in [0.1, 0.15) is 0 Å². The van der Waals surface area contributed by atoms with E-state index >= 15 is 0 Å². The van der Waals surface area contributed by atoms with E-state index in [4.69, 9.17) is 4.74 Å². The van der Waals surface area contributed by atoms with E-state index in [0.29, 0.717) is 11.3 Å². The van der Waals surface area contributed by atoms with Crippen molar-refractivity contribution < 1.29 is 19.7 Å². The predicted octanol–water partition coefficient (Wildman–Crippen LogP) is 4.56. The number of thioether (sulfide) groups is 1. The smallest absolute Gasteiger partial charge is 0.197 e. The average molecular weight is 440 g/mol. The van der Waals surface area contributed by atoms with Crippen LogP contribution in [0.3, 0.4) is 0 Å². The molecule has 0 aliphatic heterocycles. The minimum Gasteiger partial charge on any atom is -0.504 e. The normalized spacial score (nSPS) is 27.5. The van der Waals surface area contributed by atoms with Gasteiger partial charge in [0.15, 0.2) is 23.0 Å². The number of hydrogen-bond donors (Lipinski definition) is 2. The molecule has 2 aliphatic carbocycles. The second kappa shape index (κ2) is 7.92. The van der Waals surface area contributed by atoms with Gasteiger partial charge in [-0.1, -0.05) is 30.7 Å². The van der Waals surface area contributed by atoms with Crippen LogP contribution in [0.5, 0.6) is 11.5 Å². The summed E-state index contributed by atoms with van der Waals surface area (Å²) in [5.41, 5.74) is 2.16. The molecule has 6 heteroatoms. The molecular formula is C25H29NO4S. The SMILES string of the molecule is COC1=C[C@@H]2[C@@H](N(C)C)[C@H](Sc3cccc(C)c3)c3ccc(O)c(O)c3[C@]2(C)CC1=O. The predicted molar refractivity (Wildman–Crippen MR) is 123 cm³/mol. The Hall–Kier alpha value is -2.44. The van der Waals surface area contributed by atoms with E-state index in [1.54, 1.807) is 17.8 Å². The standard InChI is InChI=1S/C25H29NO4S/c1-14-7-6-8-15(11-14)31-24-16-9-10-18(27)23(29)21(16)25(2)13-19(28)20(30-5)12-17(25)22(24)26(3)4/h6-12,17,22,24,27,29H,13H2,1-5H3/t17-,22-,24-,25-/m1/s1. The summed E-state index contributed by atoms with van der Waals surface area (Å²) < 4.78 is 5.41. The molecule has 0 spiro atoms. The van der Waals surface area contributed by atoms with Crippen LogP contribution >= 0.6 is 11.8 Å². The van der Waals surface area contributed by atoms with E-state index in [2.05, 4.69) is 44.1 Å². The van der Waals surface area contributed by atoms with E-state index in [0.717, 1.165) is 10.5 Å². The zero-order chi connectivity index (χ0) is 22.5. The van der Waals surface area contributed by atoms with Gasteiger partial charge in [0, 0.05) is 34.3 Å². The Labute approximate surface area is 187 Å². The number of fused-ring (bicyclic) bond motifs is 3. The summed E-state index contributed by atoms with van der Waals surface area (Å²) in [6, 6.07) is 11.9.